The molecule has 1 N–H and O–H groups in total. The molecule has 0 aromatic heterocycles. The lowest BCUT2D eigenvalue weighted by Gasteiger charge is -2.08. The van der Waals surface area contributed by atoms with Crippen molar-refractivity contribution in [3.8, 4) is 11.5 Å². The predicted octanol–water partition coefficient (Wildman–Crippen LogP) is 3.58. The number of ether oxygens (including phenoxy) is 1. The van der Waals surface area contributed by atoms with Crippen LogP contribution in [-0.4, -0.2) is 11.4 Å². The van der Waals surface area contributed by atoms with Gasteiger partial charge in [-0.1, -0.05) is 17.7 Å². The molecule has 0 atom stereocenters. The van der Waals surface area contributed by atoms with Gasteiger partial charge in [0.1, 0.15) is 23.9 Å². The Bertz CT molecular complexity index is 614. The zero-order valence-corrected chi connectivity index (χ0v) is 10.5. The van der Waals surface area contributed by atoms with Gasteiger partial charge in [0.25, 0.3) is 0 Å². The third kappa shape index (κ3) is 3.23. The molecule has 0 radical (unpaired) electrons. The van der Waals surface area contributed by atoms with Crippen molar-refractivity contribution in [1.29, 1.82) is 0 Å². The Kier molecular flexibility index (Phi) is 4.02. The lowest BCUT2D eigenvalue weighted by Crippen LogP contribution is -1.98. The Morgan fingerprint density at radius 1 is 1.26 bits per heavy atom. The normalized spacial score (nSPS) is 10.2. The summed E-state index contributed by atoms with van der Waals surface area (Å²) in [5.41, 5.74) is 0.522. The standard InChI is InChI=1S/C14H10ClFO3/c15-11-3-1-10(13(16)5-11)8-19-12-4-2-9(7-17)14(18)6-12/h1-7,18H,8H2. The van der Waals surface area contributed by atoms with Crippen LogP contribution in [0.15, 0.2) is 36.4 Å². The van der Waals surface area contributed by atoms with E-state index < -0.39 is 5.82 Å². The van der Waals surface area contributed by atoms with Crippen LogP contribution >= 0.6 is 11.6 Å². The summed E-state index contributed by atoms with van der Waals surface area (Å²) in [6, 6.07) is 8.55. The highest BCUT2D eigenvalue weighted by atomic mass is 35.5. The van der Waals surface area contributed by atoms with Gasteiger partial charge < -0.3 is 9.84 Å². The maximum Gasteiger partial charge on any atom is 0.153 e. The van der Waals surface area contributed by atoms with Crippen LogP contribution in [0.4, 0.5) is 4.39 Å². The van der Waals surface area contributed by atoms with Crippen molar-refractivity contribution < 1.29 is 19.0 Å². The van der Waals surface area contributed by atoms with Gasteiger partial charge in [-0.15, -0.1) is 0 Å². The van der Waals surface area contributed by atoms with E-state index in [0.717, 1.165) is 0 Å². The second-order valence-electron chi connectivity index (χ2n) is 3.86. The van der Waals surface area contributed by atoms with E-state index in [1.54, 1.807) is 6.07 Å². The first-order valence-corrected chi connectivity index (χ1v) is 5.83. The summed E-state index contributed by atoms with van der Waals surface area (Å²) in [7, 11) is 0. The number of phenolic OH excluding ortho intramolecular Hbond substituents is 1. The number of halogens is 2. The van der Waals surface area contributed by atoms with Crippen molar-refractivity contribution in [2.45, 2.75) is 6.61 Å². The molecule has 0 saturated heterocycles. The maximum absolute atomic E-state index is 13.5. The molecular formula is C14H10ClFO3. The van der Waals surface area contributed by atoms with Crippen molar-refractivity contribution in [2.75, 3.05) is 0 Å². The highest BCUT2D eigenvalue weighted by Crippen LogP contribution is 2.23. The fourth-order valence-electron chi connectivity index (χ4n) is 1.51. The van der Waals surface area contributed by atoms with E-state index in [4.69, 9.17) is 16.3 Å². The zero-order valence-electron chi connectivity index (χ0n) is 9.77. The minimum absolute atomic E-state index is 0.00286. The van der Waals surface area contributed by atoms with E-state index in [1.165, 1.54) is 30.3 Å². The summed E-state index contributed by atoms with van der Waals surface area (Å²) in [5, 5.41) is 9.79. The molecule has 0 aliphatic rings. The third-order valence-corrected chi connectivity index (χ3v) is 2.77. The summed E-state index contributed by atoms with van der Waals surface area (Å²) in [5.74, 6) is -0.289. The number of aromatic hydroxyl groups is 1. The molecule has 2 rings (SSSR count). The average Bonchev–Trinajstić information content (AvgIpc) is 2.38. The van der Waals surface area contributed by atoms with Crippen molar-refractivity contribution in [3.05, 3.63) is 58.4 Å². The Morgan fingerprint density at radius 2 is 2.05 bits per heavy atom. The van der Waals surface area contributed by atoms with Gasteiger partial charge in [-0.25, -0.2) is 4.39 Å². The van der Waals surface area contributed by atoms with Gasteiger partial charge in [-0.05, 0) is 24.3 Å². The largest absolute Gasteiger partial charge is 0.507 e. The number of carbonyl (C=O) groups is 1. The SMILES string of the molecule is O=Cc1ccc(OCc2ccc(Cl)cc2F)cc1O. The van der Waals surface area contributed by atoms with Gasteiger partial charge in [0.15, 0.2) is 6.29 Å². The van der Waals surface area contributed by atoms with Gasteiger partial charge in [0.05, 0.1) is 5.56 Å². The lowest BCUT2D eigenvalue weighted by atomic mass is 10.2. The second-order valence-corrected chi connectivity index (χ2v) is 4.30. The molecule has 19 heavy (non-hydrogen) atoms. The van der Waals surface area contributed by atoms with Crippen LogP contribution in [0.2, 0.25) is 5.02 Å². The molecule has 0 amide bonds. The first-order chi connectivity index (χ1) is 9.10. The second kappa shape index (κ2) is 5.71. The number of rotatable bonds is 4. The van der Waals surface area contributed by atoms with Crippen LogP contribution < -0.4 is 4.74 Å². The van der Waals surface area contributed by atoms with E-state index in [1.807, 2.05) is 0 Å². The van der Waals surface area contributed by atoms with Crippen molar-refractivity contribution >= 4 is 17.9 Å². The smallest absolute Gasteiger partial charge is 0.153 e. The molecule has 3 nitrogen and oxygen atoms in total. The monoisotopic (exact) mass is 280 g/mol. The van der Waals surface area contributed by atoms with Crippen LogP contribution in [0, 0.1) is 5.82 Å². The maximum atomic E-state index is 13.5. The number of benzene rings is 2. The van der Waals surface area contributed by atoms with Crippen molar-refractivity contribution in [3.63, 3.8) is 0 Å². The zero-order chi connectivity index (χ0) is 13.8. The van der Waals surface area contributed by atoms with E-state index >= 15 is 0 Å². The fraction of sp³-hybridized carbons (Fsp3) is 0.0714. The van der Waals surface area contributed by atoms with E-state index in [9.17, 15) is 14.3 Å². The predicted molar refractivity (Wildman–Crippen MR) is 69.2 cm³/mol. The van der Waals surface area contributed by atoms with Crippen LogP contribution in [-0.2, 0) is 6.61 Å². The molecule has 0 aliphatic carbocycles. The number of phenols is 1. The molecule has 0 saturated carbocycles. The van der Waals surface area contributed by atoms with Gasteiger partial charge in [-0.2, -0.15) is 0 Å². The first kappa shape index (κ1) is 13.4. The van der Waals surface area contributed by atoms with Crippen molar-refractivity contribution in [1.82, 2.24) is 0 Å². The van der Waals surface area contributed by atoms with Gasteiger partial charge in [0, 0.05) is 16.7 Å². The average molecular weight is 281 g/mol. The van der Waals surface area contributed by atoms with Gasteiger partial charge in [-0.3, -0.25) is 4.79 Å². The number of hydrogen-bond acceptors (Lipinski definition) is 3. The lowest BCUT2D eigenvalue weighted by molar-refractivity contribution is 0.112. The summed E-state index contributed by atoms with van der Waals surface area (Å²) >= 11 is 5.64. The quantitative estimate of drug-likeness (QED) is 0.871. The van der Waals surface area contributed by atoms with Crippen LogP contribution in [0.1, 0.15) is 15.9 Å². The molecule has 98 valence electrons. The summed E-state index contributed by atoms with van der Waals surface area (Å²) < 4.78 is 18.8. The molecule has 0 unspecified atom stereocenters. The molecule has 0 bridgehead atoms. The van der Waals surface area contributed by atoms with E-state index in [-0.39, 0.29) is 17.9 Å². The Hall–Kier alpha value is -2.07. The Labute approximate surface area is 114 Å². The molecular weight excluding hydrogens is 271 g/mol. The number of aldehydes is 1. The highest BCUT2D eigenvalue weighted by Gasteiger charge is 2.06. The van der Waals surface area contributed by atoms with Gasteiger partial charge in [0.2, 0.25) is 0 Å². The van der Waals surface area contributed by atoms with Crippen LogP contribution in [0.25, 0.3) is 0 Å². The topological polar surface area (TPSA) is 46.5 Å². The third-order valence-electron chi connectivity index (χ3n) is 2.54. The minimum Gasteiger partial charge on any atom is -0.507 e. The Balaban J connectivity index is 2.10. The minimum atomic E-state index is -0.457. The van der Waals surface area contributed by atoms with E-state index in [2.05, 4.69) is 0 Å². The summed E-state index contributed by atoms with van der Waals surface area (Å²) in [6.45, 7) is 0.00286. The number of carbonyl (C=O) groups excluding carboxylic acids is 1. The fourth-order valence-corrected chi connectivity index (χ4v) is 1.67. The number of hydrogen-bond donors (Lipinski definition) is 1. The molecule has 0 spiro atoms. The van der Waals surface area contributed by atoms with Crippen molar-refractivity contribution in [2.24, 2.45) is 0 Å². The van der Waals surface area contributed by atoms with E-state index in [0.29, 0.717) is 22.6 Å². The molecule has 0 aliphatic heterocycles. The van der Waals surface area contributed by atoms with Crippen LogP contribution in [0.3, 0.4) is 0 Å². The molecule has 2 aromatic rings. The molecule has 5 heteroatoms. The molecule has 0 fully saturated rings. The summed E-state index contributed by atoms with van der Waals surface area (Å²) in [4.78, 5) is 10.5. The molecule has 0 heterocycles. The van der Waals surface area contributed by atoms with Gasteiger partial charge >= 0.3 is 0 Å². The highest BCUT2D eigenvalue weighted by molar-refractivity contribution is 6.30. The Morgan fingerprint density at radius 3 is 2.68 bits per heavy atom. The molecule has 2 aromatic carbocycles. The summed E-state index contributed by atoms with van der Waals surface area (Å²) in [6.07, 6.45) is 0.540. The van der Waals surface area contributed by atoms with Crippen LogP contribution in [0.5, 0.6) is 11.5 Å². The first-order valence-electron chi connectivity index (χ1n) is 5.45.